The first kappa shape index (κ1) is 12.2. The quantitative estimate of drug-likeness (QED) is 0.803. The molecule has 2 rings (SSSR count). The van der Waals surface area contributed by atoms with Crippen LogP contribution in [-0.2, 0) is 9.00 Å². The van der Waals surface area contributed by atoms with Gasteiger partial charge < -0.3 is 0 Å². The number of hydrogen-bond acceptors (Lipinski definition) is 2. The fraction of sp³-hybridized carbons (Fsp3) is 0.417. The Bertz CT molecular complexity index is 421. The van der Waals surface area contributed by atoms with Gasteiger partial charge in [0.1, 0.15) is 0 Å². The van der Waals surface area contributed by atoms with Gasteiger partial charge >= 0.3 is 109 Å². The van der Waals surface area contributed by atoms with Crippen molar-refractivity contribution >= 4 is 34.2 Å². The van der Waals surface area contributed by atoms with Crippen molar-refractivity contribution in [3.63, 3.8) is 0 Å². The minimum atomic E-state index is -0.854. The Balaban J connectivity index is 2.45. The van der Waals surface area contributed by atoms with Crippen molar-refractivity contribution in [2.24, 2.45) is 0 Å². The molecule has 0 saturated heterocycles. The summed E-state index contributed by atoms with van der Waals surface area (Å²) in [6.07, 6.45) is 1.27. The van der Waals surface area contributed by atoms with Crippen molar-refractivity contribution in [3.8, 4) is 0 Å². The molecule has 16 heavy (non-hydrogen) atoms. The summed E-state index contributed by atoms with van der Waals surface area (Å²) in [4.78, 5) is 12.1. The molecule has 1 aliphatic carbocycles. The number of carbonyl (C=O) groups is 1. The van der Waals surface area contributed by atoms with Gasteiger partial charge in [-0.2, -0.15) is 0 Å². The van der Waals surface area contributed by atoms with E-state index in [-0.39, 0.29) is 5.78 Å². The zero-order valence-corrected chi connectivity index (χ0v) is 11.3. The molecule has 1 aromatic rings. The number of Topliss-reactive ketones (excluding diaryl/α,β-unsaturated/α-hetero) is 1. The second kappa shape index (κ2) is 4.52. The van der Waals surface area contributed by atoms with Crippen LogP contribution in [0, 0.1) is 0 Å². The molecule has 0 amide bonds. The van der Waals surface area contributed by atoms with Gasteiger partial charge in [-0.3, -0.25) is 0 Å². The molecule has 2 nitrogen and oxygen atoms in total. The second-order valence-corrected chi connectivity index (χ2v) is 6.12. The van der Waals surface area contributed by atoms with Gasteiger partial charge in [0.15, 0.2) is 0 Å². The van der Waals surface area contributed by atoms with Gasteiger partial charge in [-0.25, -0.2) is 0 Å². The number of halogens is 1. The molecule has 0 unspecified atom stereocenters. The predicted octanol–water partition coefficient (Wildman–Crippen LogP) is 1.82. The summed E-state index contributed by atoms with van der Waals surface area (Å²) < 4.78 is -0.691. The van der Waals surface area contributed by atoms with Crippen molar-refractivity contribution in [2.45, 2.75) is 29.6 Å². The summed E-state index contributed by atoms with van der Waals surface area (Å²) in [6, 6.07) is 7.34. The molecule has 4 heteroatoms. The number of hydrogen-bond donors (Lipinski definition) is 1. The Labute approximate surface area is 108 Å². The van der Waals surface area contributed by atoms with E-state index in [0.717, 1.165) is 18.4 Å². The molecule has 0 heterocycles. The van der Waals surface area contributed by atoms with E-state index in [9.17, 15) is 9.90 Å². The summed E-state index contributed by atoms with van der Waals surface area (Å²) in [5, 5.41) is 10.3. The Morgan fingerprint density at radius 1 is 1.44 bits per heavy atom. The average Bonchev–Trinajstić information content (AvgIpc) is 2.26. The Morgan fingerprint density at radius 2 is 2.12 bits per heavy atom. The molecule has 1 aromatic carbocycles. The summed E-state index contributed by atoms with van der Waals surface area (Å²) >= 11 is 8.52. The van der Waals surface area contributed by atoms with Crippen LogP contribution < -0.4 is 0 Å². The standard InChI is InChI=1S/C12H12AsClO2/c13-12(7-3-6-10(15)11(12)16)8-4-1-2-5-9(8)14/h1-2,4-5,10,15H,3,6-7H2/t10-,12-/m1/s1. The molecule has 1 N–H and O–H groups in total. The summed E-state index contributed by atoms with van der Waals surface area (Å²) in [5.41, 5.74) is 0.806. The third-order valence-electron chi connectivity index (χ3n) is 3.05. The van der Waals surface area contributed by atoms with Gasteiger partial charge in [0.05, 0.1) is 0 Å². The first-order chi connectivity index (χ1) is 7.55. The monoisotopic (exact) mass is 298 g/mol. The Morgan fingerprint density at radius 3 is 2.81 bits per heavy atom. The number of carbonyl (C=O) groups excluding carboxylic acids is 1. The van der Waals surface area contributed by atoms with Gasteiger partial charge in [0.25, 0.3) is 0 Å². The molecule has 0 bridgehead atoms. The van der Waals surface area contributed by atoms with Crippen LogP contribution in [-0.4, -0.2) is 33.8 Å². The normalized spacial score (nSPS) is 30.4. The molecule has 0 aromatic heterocycles. The second-order valence-electron chi connectivity index (χ2n) is 4.11. The number of aliphatic hydroxyl groups excluding tert-OH is 1. The number of aliphatic hydroxyl groups is 1. The SMILES string of the molecule is O=C1[C@H](O)CCC[C@@]1([As])c1ccccc1Cl. The fourth-order valence-corrected chi connectivity index (χ4v) is 3.64. The summed E-state index contributed by atoms with van der Waals surface area (Å²) in [6.45, 7) is 0. The molecular weight excluding hydrogens is 287 g/mol. The van der Waals surface area contributed by atoms with E-state index in [2.05, 4.69) is 16.9 Å². The van der Waals surface area contributed by atoms with Crippen molar-refractivity contribution in [1.29, 1.82) is 0 Å². The van der Waals surface area contributed by atoms with Gasteiger partial charge in [-0.05, 0) is 0 Å². The van der Waals surface area contributed by atoms with E-state index in [1.54, 1.807) is 6.07 Å². The van der Waals surface area contributed by atoms with Crippen molar-refractivity contribution in [2.75, 3.05) is 0 Å². The van der Waals surface area contributed by atoms with E-state index in [4.69, 9.17) is 11.6 Å². The van der Waals surface area contributed by atoms with Crippen LogP contribution in [0.25, 0.3) is 0 Å². The molecule has 0 spiro atoms. The molecule has 1 fully saturated rings. The third-order valence-corrected chi connectivity index (χ3v) is 4.81. The van der Waals surface area contributed by atoms with E-state index in [1.807, 2.05) is 18.2 Å². The van der Waals surface area contributed by atoms with Crippen LogP contribution in [0.4, 0.5) is 0 Å². The molecule has 0 aliphatic heterocycles. The van der Waals surface area contributed by atoms with Gasteiger partial charge in [-0.15, -0.1) is 0 Å². The van der Waals surface area contributed by atoms with Crippen LogP contribution in [0.5, 0.6) is 0 Å². The van der Waals surface area contributed by atoms with Crippen LogP contribution in [0.1, 0.15) is 24.8 Å². The third kappa shape index (κ3) is 1.95. The maximum absolute atomic E-state index is 12.1. The molecule has 1 saturated carbocycles. The number of ketones is 1. The first-order valence-electron chi connectivity index (χ1n) is 5.25. The van der Waals surface area contributed by atoms with Gasteiger partial charge in [0.2, 0.25) is 0 Å². The van der Waals surface area contributed by atoms with Gasteiger partial charge in [-0.1, -0.05) is 0 Å². The molecule has 1 aliphatic rings. The number of rotatable bonds is 1. The Hall–Kier alpha value is -0.302. The van der Waals surface area contributed by atoms with E-state index >= 15 is 0 Å². The van der Waals surface area contributed by atoms with Crippen molar-refractivity contribution < 1.29 is 9.90 Å². The van der Waals surface area contributed by atoms with Crippen LogP contribution in [0.2, 0.25) is 5.02 Å². The Kier molecular flexibility index (Phi) is 3.44. The maximum atomic E-state index is 12.1. The number of benzene rings is 1. The predicted molar refractivity (Wildman–Crippen MR) is 63.7 cm³/mol. The van der Waals surface area contributed by atoms with Crippen LogP contribution >= 0.6 is 11.6 Å². The van der Waals surface area contributed by atoms with E-state index < -0.39 is 10.3 Å². The van der Waals surface area contributed by atoms with Crippen molar-refractivity contribution in [1.82, 2.24) is 0 Å². The zero-order valence-electron chi connectivity index (χ0n) is 8.69. The average molecular weight is 299 g/mol. The summed E-state index contributed by atoms with van der Waals surface area (Å²) in [5.74, 6) is -0.133. The van der Waals surface area contributed by atoms with E-state index in [0.29, 0.717) is 11.4 Å². The van der Waals surface area contributed by atoms with Crippen molar-refractivity contribution in [3.05, 3.63) is 34.9 Å². The fourth-order valence-electron chi connectivity index (χ4n) is 2.15. The van der Waals surface area contributed by atoms with E-state index in [1.165, 1.54) is 0 Å². The first-order valence-corrected chi connectivity index (χ1v) is 6.57. The minimum absolute atomic E-state index is 0.133. The van der Waals surface area contributed by atoms with Crippen LogP contribution in [0.15, 0.2) is 24.3 Å². The zero-order chi connectivity index (χ0) is 11.8. The molecular formula is C12H12AsClO2. The summed E-state index contributed by atoms with van der Waals surface area (Å²) in [7, 11) is 0. The van der Waals surface area contributed by atoms with Crippen LogP contribution in [0.3, 0.4) is 0 Å². The topological polar surface area (TPSA) is 37.3 Å². The molecule has 84 valence electrons. The van der Waals surface area contributed by atoms with Gasteiger partial charge in [0, 0.05) is 0 Å². The molecule has 2 radical (unpaired) electrons. The molecule has 2 atom stereocenters.